The van der Waals surface area contributed by atoms with Crippen molar-refractivity contribution < 1.29 is 19.4 Å². The Morgan fingerprint density at radius 1 is 1.23 bits per heavy atom. The van der Waals surface area contributed by atoms with Crippen LogP contribution in [0.1, 0.15) is 44.2 Å². The molecule has 1 rings (SSSR count). The smallest absolute Gasteiger partial charge is 0.305 e. The fourth-order valence-corrected chi connectivity index (χ4v) is 2.45. The minimum Gasteiger partial charge on any atom is -0.484 e. The zero-order chi connectivity index (χ0) is 16.8. The van der Waals surface area contributed by atoms with Gasteiger partial charge in [0.2, 0.25) is 0 Å². The quantitative estimate of drug-likeness (QED) is 0.774. The van der Waals surface area contributed by atoms with Gasteiger partial charge in [0.15, 0.2) is 6.61 Å². The molecule has 0 aliphatic rings. The summed E-state index contributed by atoms with van der Waals surface area (Å²) in [6.07, 6.45) is 1.03. The zero-order valence-electron chi connectivity index (χ0n) is 13.7. The summed E-state index contributed by atoms with van der Waals surface area (Å²) in [5.74, 6) is -0.554. The van der Waals surface area contributed by atoms with Gasteiger partial charge in [-0.05, 0) is 38.3 Å². The topological polar surface area (TPSA) is 75.6 Å². The van der Waals surface area contributed by atoms with Crippen LogP contribution in [0.4, 0.5) is 0 Å². The maximum absolute atomic E-state index is 12.1. The molecule has 5 nitrogen and oxygen atoms in total. The lowest BCUT2D eigenvalue weighted by molar-refractivity contribution is -0.139. The second-order valence-electron chi connectivity index (χ2n) is 5.66. The maximum Gasteiger partial charge on any atom is 0.305 e. The van der Waals surface area contributed by atoms with Gasteiger partial charge in [0.05, 0.1) is 12.0 Å². The second kappa shape index (κ2) is 7.82. The van der Waals surface area contributed by atoms with Crippen molar-refractivity contribution in [1.82, 2.24) is 5.32 Å². The highest BCUT2D eigenvalue weighted by Gasteiger charge is 2.31. The first-order chi connectivity index (χ1) is 10.3. The standard InChI is InChI=1S/C17H25NO4/c1-5-17(6-2,10-16(20)21)18-15(19)11-22-14-8-7-12(3)9-13(14)4/h7-9H,5-6,10-11H2,1-4H3,(H,18,19)(H,20,21). The van der Waals surface area contributed by atoms with E-state index in [0.717, 1.165) is 11.1 Å². The van der Waals surface area contributed by atoms with Crippen LogP contribution in [0.25, 0.3) is 0 Å². The SMILES string of the molecule is CCC(CC)(CC(=O)O)NC(=O)COc1ccc(C)cc1C. The number of aryl methyl sites for hydroxylation is 2. The Balaban J connectivity index is 2.66. The van der Waals surface area contributed by atoms with Gasteiger partial charge >= 0.3 is 5.97 Å². The van der Waals surface area contributed by atoms with Gasteiger partial charge in [-0.25, -0.2) is 0 Å². The minimum atomic E-state index is -0.917. The summed E-state index contributed by atoms with van der Waals surface area (Å²) in [7, 11) is 0. The fraction of sp³-hybridized carbons (Fsp3) is 0.529. The van der Waals surface area contributed by atoms with Crippen LogP contribution in [0, 0.1) is 13.8 Å². The molecule has 1 aromatic rings. The van der Waals surface area contributed by atoms with E-state index in [4.69, 9.17) is 9.84 Å². The van der Waals surface area contributed by atoms with Gasteiger partial charge in [0, 0.05) is 0 Å². The van der Waals surface area contributed by atoms with Crippen LogP contribution in [0.5, 0.6) is 5.75 Å². The van der Waals surface area contributed by atoms with E-state index >= 15 is 0 Å². The molecule has 0 spiro atoms. The van der Waals surface area contributed by atoms with Gasteiger partial charge in [0.1, 0.15) is 5.75 Å². The lowest BCUT2D eigenvalue weighted by Gasteiger charge is -2.31. The third-order valence-corrected chi connectivity index (χ3v) is 3.94. The number of amides is 1. The summed E-state index contributed by atoms with van der Waals surface area (Å²) in [6, 6.07) is 5.75. The Kier molecular flexibility index (Phi) is 6.40. The van der Waals surface area contributed by atoms with Crippen LogP contribution >= 0.6 is 0 Å². The summed E-state index contributed by atoms with van der Waals surface area (Å²) >= 11 is 0. The molecule has 0 aliphatic heterocycles. The maximum atomic E-state index is 12.1. The van der Waals surface area contributed by atoms with Crippen LogP contribution in [0.15, 0.2) is 18.2 Å². The highest BCUT2D eigenvalue weighted by molar-refractivity contribution is 5.79. The molecule has 0 heterocycles. The molecule has 0 fully saturated rings. The average molecular weight is 307 g/mol. The fourth-order valence-electron chi connectivity index (χ4n) is 2.45. The first-order valence-electron chi connectivity index (χ1n) is 7.54. The van der Waals surface area contributed by atoms with Gasteiger partial charge in [0.25, 0.3) is 5.91 Å². The summed E-state index contributed by atoms with van der Waals surface area (Å²) in [6.45, 7) is 7.54. The molecule has 0 atom stereocenters. The molecule has 0 aliphatic carbocycles. The normalized spacial score (nSPS) is 11.1. The van der Waals surface area contributed by atoms with Crippen LogP contribution in [-0.4, -0.2) is 29.1 Å². The third-order valence-electron chi connectivity index (χ3n) is 3.94. The average Bonchev–Trinajstić information content (AvgIpc) is 2.45. The summed E-state index contributed by atoms with van der Waals surface area (Å²) < 4.78 is 5.53. The Labute approximate surface area is 131 Å². The van der Waals surface area contributed by atoms with Crippen molar-refractivity contribution >= 4 is 11.9 Å². The van der Waals surface area contributed by atoms with Gasteiger partial charge in [-0.15, -0.1) is 0 Å². The molecule has 2 N–H and O–H groups in total. The van der Waals surface area contributed by atoms with E-state index in [1.54, 1.807) is 0 Å². The second-order valence-corrected chi connectivity index (χ2v) is 5.66. The Morgan fingerprint density at radius 2 is 1.86 bits per heavy atom. The predicted molar refractivity (Wildman–Crippen MR) is 85.1 cm³/mol. The molecule has 0 radical (unpaired) electrons. The number of hydrogen-bond donors (Lipinski definition) is 2. The first kappa shape index (κ1) is 18.0. The number of carbonyl (C=O) groups is 2. The number of carboxylic acid groups (broad SMARTS) is 1. The van der Waals surface area contributed by atoms with Crippen molar-refractivity contribution in [3.05, 3.63) is 29.3 Å². The predicted octanol–water partition coefficient (Wildman–Crippen LogP) is 2.83. The highest BCUT2D eigenvalue weighted by Crippen LogP contribution is 2.21. The molecule has 1 aromatic carbocycles. The van der Waals surface area contributed by atoms with Crippen molar-refractivity contribution in [2.24, 2.45) is 0 Å². The summed E-state index contributed by atoms with van der Waals surface area (Å²) in [4.78, 5) is 23.1. The molecular weight excluding hydrogens is 282 g/mol. The van der Waals surface area contributed by atoms with Crippen LogP contribution in [0.3, 0.4) is 0 Å². The van der Waals surface area contributed by atoms with Crippen molar-refractivity contribution in [2.45, 2.75) is 52.5 Å². The number of rotatable bonds is 8. The minimum absolute atomic E-state index is 0.0880. The van der Waals surface area contributed by atoms with Gasteiger partial charge in [-0.3, -0.25) is 9.59 Å². The molecular formula is C17H25NO4. The van der Waals surface area contributed by atoms with Crippen LogP contribution < -0.4 is 10.1 Å². The van der Waals surface area contributed by atoms with Crippen LogP contribution in [-0.2, 0) is 9.59 Å². The number of benzene rings is 1. The van der Waals surface area contributed by atoms with Gasteiger partial charge < -0.3 is 15.2 Å². The van der Waals surface area contributed by atoms with E-state index in [1.165, 1.54) is 0 Å². The van der Waals surface area contributed by atoms with E-state index in [2.05, 4.69) is 5.32 Å². The first-order valence-corrected chi connectivity index (χ1v) is 7.54. The number of carboxylic acids is 1. The van der Waals surface area contributed by atoms with Gasteiger partial charge in [-0.1, -0.05) is 31.5 Å². The number of carbonyl (C=O) groups excluding carboxylic acids is 1. The van der Waals surface area contributed by atoms with E-state index in [9.17, 15) is 9.59 Å². The molecule has 0 saturated heterocycles. The number of aliphatic carboxylic acids is 1. The Hall–Kier alpha value is -2.04. The van der Waals surface area contributed by atoms with E-state index < -0.39 is 11.5 Å². The van der Waals surface area contributed by atoms with E-state index in [1.807, 2.05) is 45.9 Å². The molecule has 0 unspecified atom stereocenters. The van der Waals surface area contributed by atoms with Crippen molar-refractivity contribution in [3.8, 4) is 5.75 Å². The molecule has 22 heavy (non-hydrogen) atoms. The zero-order valence-corrected chi connectivity index (χ0v) is 13.7. The molecule has 0 saturated carbocycles. The van der Waals surface area contributed by atoms with E-state index in [0.29, 0.717) is 18.6 Å². The molecule has 1 amide bonds. The Bertz CT molecular complexity index is 535. The number of nitrogens with one attached hydrogen (secondary N) is 1. The summed E-state index contributed by atoms with van der Waals surface area (Å²) in [5, 5.41) is 11.8. The van der Waals surface area contributed by atoms with Gasteiger partial charge in [-0.2, -0.15) is 0 Å². The van der Waals surface area contributed by atoms with E-state index in [-0.39, 0.29) is 18.9 Å². The van der Waals surface area contributed by atoms with Crippen molar-refractivity contribution in [1.29, 1.82) is 0 Å². The lowest BCUT2D eigenvalue weighted by atomic mass is 9.89. The molecule has 0 aromatic heterocycles. The largest absolute Gasteiger partial charge is 0.484 e. The lowest BCUT2D eigenvalue weighted by Crippen LogP contribution is -2.50. The molecule has 0 bridgehead atoms. The Morgan fingerprint density at radius 3 is 2.36 bits per heavy atom. The van der Waals surface area contributed by atoms with Crippen molar-refractivity contribution in [3.63, 3.8) is 0 Å². The molecule has 5 heteroatoms. The third kappa shape index (κ3) is 5.06. The number of ether oxygens (including phenoxy) is 1. The highest BCUT2D eigenvalue weighted by atomic mass is 16.5. The number of hydrogen-bond acceptors (Lipinski definition) is 3. The van der Waals surface area contributed by atoms with Crippen LogP contribution in [0.2, 0.25) is 0 Å². The summed E-state index contributed by atoms with van der Waals surface area (Å²) in [5.41, 5.74) is 1.39. The molecule has 122 valence electrons. The van der Waals surface area contributed by atoms with Crippen molar-refractivity contribution in [2.75, 3.05) is 6.61 Å². The monoisotopic (exact) mass is 307 g/mol.